The molecule has 1 saturated heterocycles. The van der Waals surface area contributed by atoms with Crippen molar-refractivity contribution in [3.8, 4) is 22.8 Å². The molecule has 0 spiro atoms. The lowest BCUT2D eigenvalue weighted by atomic mass is 9.99. The Morgan fingerprint density at radius 3 is 2.23 bits per heavy atom. The molecule has 7 heteroatoms. The zero-order valence-corrected chi connectivity index (χ0v) is 21.4. The highest BCUT2D eigenvalue weighted by molar-refractivity contribution is 5.82. The lowest BCUT2D eigenvalue weighted by molar-refractivity contribution is 0.0682. The van der Waals surface area contributed by atoms with Crippen LogP contribution in [0, 0.1) is 18.8 Å². The molecule has 3 aromatic rings. The topological polar surface area (TPSA) is 57.5 Å². The number of pyridine rings is 1. The molecule has 1 saturated carbocycles. The number of rotatable bonds is 10. The zero-order chi connectivity index (χ0) is 24.4. The van der Waals surface area contributed by atoms with E-state index in [0.717, 1.165) is 84.6 Å². The van der Waals surface area contributed by atoms with Crippen molar-refractivity contribution in [2.24, 2.45) is 11.8 Å². The van der Waals surface area contributed by atoms with Crippen LogP contribution in [0.5, 0.6) is 11.5 Å². The lowest BCUT2D eigenvalue weighted by Crippen LogP contribution is -2.34. The summed E-state index contributed by atoms with van der Waals surface area (Å²) in [6.07, 6.45) is 4.92. The Hall–Kier alpha value is -2.77. The molecule has 2 aliphatic rings. The Labute approximate surface area is 207 Å². The second-order valence-corrected chi connectivity index (χ2v) is 9.85. The number of hydrogen-bond donors (Lipinski definition) is 0. The van der Waals surface area contributed by atoms with Crippen molar-refractivity contribution in [1.29, 1.82) is 0 Å². The van der Waals surface area contributed by atoms with E-state index >= 15 is 0 Å². The van der Waals surface area contributed by atoms with Gasteiger partial charge in [0.15, 0.2) is 0 Å². The van der Waals surface area contributed by atoms with Gasteiger partial charge in [-0.1, -0.05) is 6.07 Å². The van der Waals surface area contributed by atoms with Crippen molar-refractivity contribution in [3.05, 3.63) is 41.6 Å². The maximum absolute atomic E-state index is 5.83. The Bertz CT molecular complexity index is 1140. The summed E-state index contributed by atoms with van der Waals surface area (Å²) < 4.78 is 24.7. The molecule has 0 bridgehead atoms. The average molecular weight is 480 g/mol. The van der Waals surface area contributed by atoms with Crippen LogP contribution in [0.15, 0.2) is 30.3 Å². The molecule has 0 amide bonds. The highest BCUT2D eigenvalue weighted by Gasteiger charge is 2.30. The first-order valence-electron chi connectivity index (χ1n) is 12.7. The number of benzene rings is 1. The molecular formula is C28H37N3O4. The molecule has 2 fully saturated rings. The van der Waals surface area contributed by atoms with Gasteiger partial charge < -0.3 is 23.8 Å². The van der Waals surface area contributed by atoms with E-state index in [-0.39, 0.29) is 0 Å². The third-order valence-electron chi connectivity index (χ3n) is 7.24. The fraction of sp³-hybridized carbons (Fsp3) is 0.536. The van der Waals surface area contributed by atoms with Gasteiger partial charge in [0.1, 0.15) is 11.5 Å². The minimum absolute atomic E-state index is 0.491. The summed E-state index contributed by atoms with van der Waals surface area (Å²) in [6.45, 7) is 6.53. The van der Waals surface area contributed by atoms with E-state index in [1.165, 1.54) is 18.5 Å². The number of ether oxygens (including phenoxy) is 4. The highest BCUT2D eigenvalue weighted by atomic mass is 16.5. The maximum atomic E-state index is 5.83. The Morgan fingerprint density at radius 2 is 1.63 bits per heavy atom. The Morgan fingerprint density at radius 1 is 0.971 bits per heavy atom. The summed E-state index contributed by atoms with van der Waals surface area (Å²) in [5, 5.41) is 5.06. The largest absolute Gasteiger partial charge is 0.496 e. The van der Waals surface area contributed by atoms with E-state index < -0.39 is 0 Å². The predicted molar refractivity (Wildman–Crippen MR) is 138 cm³/mol. The van der Waals surface area contributed by atoms with Crippen LogP contribution in [-0.4, -0.2) is 57.2 Å². The summed E-state index contributed by atoms with van der Waals surface area (Å²) in [4.78, 5) is 2.60. The Kier molecular flexibility index (Phi) is 7.16. The highest BCUT2D eigenvalue weighted by Crippen LogP contribution is 2.42. The van der Waals surface area contributed by atoms with E-state index in [4.69, 9.17) is 24.0 Å². The van der Waals surface area contributed by atoms with Gasteiger partial charge in [-0.2, -0.15) is 5.10 Å². The van der Waals surface area contributed by atoms with Crippen molar-refractivity contribution in [3.63, 3.8) is 0 Å². The van der Waals surface area contributed by atoms with Crippen LogP contribution in [-0.2, 0) is 16.1 Å². The number of methoxy groups -OCH3 is 3. The van der Waals surface area contributed by atoms with Gasteiger partial charge in [0, 0.05) is 33.4 Å². The number of nitrogens with zero attached hydrogens (tertiary/aromatic N) is 3. The number of hydrogen-bond acceptors (Lipinski definition) is 6. The molecule has 0 atom stereocenters. The third kappa shape index (κ3) is 4.98. The second kappa shape index (κ2) is 10.5. The van der Waals surface area contributed by atoms with Crippen molar-refractivity contribution in [1.82, 2.24) is 9.61 Å². The third-order valence-corrected chi connectivity index (χ3v) is 7.24. The molecule has 1 aliphatic heterocycles. The number of anilines is 1. The van der Waals surface area contributed by atoms with E-state index in [0.29, 0.717) is 12.5 Å². The molecule has 35 heavy (non-hydrogen) atoms. The lowest BCUT2D eigenvalue weighted by Gasteiger charge is -2.31. The fourth-order valence-electron chi connectivity index (χ4n) is 5.33. The van der Waals surface area contributed by atoms with E-state index in [9.17, 15) is 0 Å². The van der Waals surface area contributed by atoms with E-state index in [1.54, 1.807) is 21.3 Å². The fourth-order valence-corrected chi connectivity index (χ4v) is 5.33. The SMILES string of the molecule is COCc1cc(OC)c(-c2cccc3c(N(CC4CCOCC4)CC4CC4)c(C)nn23)c(OC)c1. The molecule has 2 aromatic heterocycles. The van der Waals surface area contributed by atoms with Gasteiger partial charge in [-0.05, 0) is 74.3 Å². The minimum atomic E-state index is 0.491. The second-order valence-electron chi connectivity index (χ2n) is 9.85. The molecule has 1 aromatic carbocycles. The van der Waals surface area contributed by atoms with Crippen LogP contribution in [0.1, 0.15) is 36.9 Å². The van der Waals surface area contributed by atoms with Crippen LogP contribution in [0.2, 0.25) is 0 Å². The van der Waals surface area contributed by atoms with Crippen molar-refractivity contribution in [2.45, 2.75) is 39.2 Å². The monoisotopic (exact) mass is 479 g/mol. The quantitative estimate of drug-likeness (QED) is 0.403. The van der Waals surface area contributed by atoms with Gasteiger partial charge in [0.25, 0.3) is 0 Å². The summed E-state index contributed by atoms with van der Waals surface area (Å²) in [7, 11) is 5.08. The minimum Gasteiger partial charge on any atom is -0.496 e. The molecule has 0 N–H and O–H groups in total. The summed E-state index contributed by atoms with van der Waals surface area (Å²) in [6, 6.07) is 10.4. The summed E-state index contributed by atoms with van der Waals surface area (Å²) in [5.41, 5.74) is 6.28. The van der Waals surface area contributed by atoms with Gasteiger partial charge in [-0.25, -0.2) is 4.52 Å². The summed E-state index contributed by atoms with van der Waals surface area (Å²) in [5.74, 6) is 2.95. The molecule has 3 heterocycles. The first kappa shape index (κ1) is 23.9. The van der Waals surface area contributed by atoms with Crippen LogP contribution < -0.4 is 14.4 Å². The van der Waals surface area contributed by atoms with Crippen molar-refractivity contribution in [2.75, 3.05) is 52.5 Å². The predicted octanol–water partition coefficient (Wildman–Crippen LogP) is 5.12. The van der Waals surface area contributed by atoms with E-state index in [1.807, 2.05) is 12.1 Å². The van der Waals surface area contributed by atoms with Crippen LogP contribution in [0.25, 0.3) is 16.8 Å². The van der Waals surface area contributed by atoms with Crippen molar-refractivity contribution < 1.29 is 18.9 Å². The van der Waals surface area contributed by atoms with Gasteiger partial charge in [0.05, 0.1) is 49.0 Å². The zero-order valence-electron chi connectivity index (χ0n) is 21.4. The average Bonchev–Trinajstić information content (AvgIpc) is 3.62. The molecular weight excluding hydrogens is 442 g/mol. The molecule has 5 rings (SSSR count). The van der Waals surface area contributed by atoms with Crippen LogP contribution in [0.3, 0.4) is 0 Å². The maximum Gasteiger partial charge on any atom is 0.132 e. The first-order chi connectivity index (χ1) is 17.1. The molecule has 0 radical (unpaired) electrons. The van der Waals surface area contributed by atoms with Gasteiger partial charge in [0.2, 0.25) is 0 Å². The number of aromatic nitrogens is 2. The molecule has 1 aliphatic carbocycles. The molecule has 7 nitrogen and oxygen atoms in total. The standard InChI is InChI=1S/C28H37N3O4/c1-19-28(30(16-20-8-9-20)17-21-10-12-35-13-11-21)24-7-5-6-23(31(24)29-19)27-25(33-3)14-22(18-32-2)15-26(27)34-4/h5-7,14-15,20-21H,8-13,16-18H2,1-4H3. The van der Waals surface area contributed by atoms with Crippen LogP contribution >= 0.6 is 0 Å². The smallest absolute Gasteiger partial charge is 0.132 e. The van der Waals surface area contributed by atoms with E-state index in [2.05, 4.69) is 34.5 Å². The van der Waals surface area contributed by atoms with Gasteiger partial charge in [-0.3, -0.25) is 0 Å². The van der Waals surface area contributed by atoms with Crippen molar-refractivity contribution >= 4 is 11.2 Å². The first-order valence-corrected chi connectivity index (χ1v) is 12.7. The summed E-state index contributed by atoms with van der Waals surface area (Å²) >= 11 is 0. The van der Waals surface area contributed by atoms with Gasteiger partial charge >= 0.3 is 0 Å². The van der Waals surface area contributed by atoms with Crippen LogP contribution in [0.4, 0.5) is 5.69 Å². The normalized spacial score (nSPS) is 16.6. The number of fused-ring (bicyclic) bond motifs is 1. The number of aryl methyl sites for hydroxylation is 1. The Balaban J connectivity index is 1.60. The van der Waals surface area contributed by atoms with Gasteiger partial charge in [-0.15, -0.1) is 0 Å². The molecule has 188 valence electrons. The molecule has 0 unspecified atom stereocenters.